The lowest BCUT2D eigenvalue weighted by atomic mass is 10.2. The summed E-state index contributed by atoms with van der Waals surface area (Å²) in [5.41, 5.74) is 1.18. The number of rotatable bonds is 3. The van der Waals surface area contributed by atoms with Crippen molar-refractivity contribution in [2.24, 2.45) is 0 Å². The molecule has 0 aliphatic carbocycles. The van der Waals surface area contributed by atoms with Crippen LogP contribution < -0.4 is 0 Å². The Morgan fingerprint density at radius 2 is 2.00 bits per heavy atom. The van der Waals surface area contributed by atoms with Gasteiger partial charge in [-0.15, -0.1) is 0 Å². The molecule has 0 aromatic heterocycles. The van der Waals surface area contributed by atoms with Crippen LogP contribution in [0.1, 0.15) is 5.56 Å². The van der Waals surface area contributed by atoms with E-state index in [1.165, 1.54) is 5.56 Å². The predicted octanol–water partition coefficient (Wildman–Crippen LogP) is 3.07. The van der Waals surface area contributed by atoms with E-state index in [2.05, 4.69) is 15.9 Å². The summed E-state index contributed by atoms with van der Waals surface area (Å²) in [5.74, 6) is 0. The largest absolute Gasteiger partial charge is 0.496 e. The van der Waals surface area contributed by atoms with Crippen LogP contribution in [0.2, 0.25) is 0 Å². The Bertz CT molecular complexity index is 218. The number of halogens is 1. The highest BCUT2D eigenvalue weighted by Crippen LogP contribution is 2.00. The zero-order chi connectivity index (χ0) is 7.94. The van der Waals surface area contributed by atoms with Gasteiger partial charge >= 0.3 is 0 Å². The quantitative estimate of drug-likeness (QED) is 0.701. The highest BCUT2D eigenvalue weighted by molar-refractivity contribution is 9.11. The van der Waals surface area contributed by atoms with E-state index in [9.17, 15) is 0 Å². The first-order valence-corrected chi connectivity index (χ1v) is 4.26. The van der Waals surface area contributed by atoms with Crippen LogP contribution in [-0.4, -0.2) is 0 Å². The Kier molecular flexibility index (Phi) is 3.76. The molecule has 0 aliphatic heterocycles. The first-order valence-electron chi connectivity index (χ1n) is 3.34. The summed E-state index contributed by atoms with van der Waals surface area (Å²) in [6.45, 7) is 0.628. The Balaban J connectivity index is 2.39. The average Bonchev–Trinajstić information content (AvgIpc) is 2.07. The Morgan fingerprint density at radius 1 is 1.27 bits per heavy atom. The minimum absolute atomic E-state index is 0.628. The van der Waals surface area contributed by atoms with E-state index in [0.717, 1.165) is 0 Å². The van der Waals surface area contributed by atoms with Crippen molar-refractivity contribution in [2.75, 3.05) is 0 Å². The van der Waals surface area contributed by atoms with Gasteiger partial charge < -0.3 is 4.74 Å². The zero-order valence-electron chi connectivity index (χ0n) is 6.03. The van der Waals surface area contributed by atoms with Gasteiger partial charge in [0.05, 0.1) is 6.26 Å². The molecule has 0 spiro atoms. The molecule has 0 heterocycles. The number of ether oxygens (including phenoxy) is 1. The molecule has 0 radical (unpaired) electrons. The maximum Gasteiger partial charge on any atom is 0.112 e. The molecular weight excluding hydrogens is 204 g/mol. The first kappa shape index (κ1) is 8.34. The summed E-state index contributed by atoms with van der Waals surface area (Å²) in [5, 5.41) is 0. The monoisotopic (exact) mass is 212 g/mol. The fraction of sp³-hybridized carbons (Fsp3) is 0.111. The van der Waals surface area contributed by atoms with Gasteiger partial charge in [-0.2, -0.15) is 0 Å². The number of hydrogen-bond acceptors (Lipinski definition) is 1. The zero-order valence-corrected chi connectivity index (χ0v) is 7.62. The second-order valence-electron chi connectivity index (χ2n) is 2.06. The minimum atomic E-state index is 0.628. The summed E-state index contributed by atoms with van der Waals surface area (Å²) < 4.78 is 5.14. The van der Waals surface area contributed by atoms with Crippen molar-refractivity contribution in [3.05, 3.63) is 47.1 Å². The lowest BCUT2D eigenvalue weighted by Gasteiger charge is -1.98. The fourth-order valence-electron chi connectivity index (χ4n) is 0.755. The maximum absolute atomic E-state index is 5.14. The van der Waals surface area contributed by atoms with Gasteiger partial charge in [0.1, 0.15) is 6.61 Å². The molecule has 1 rings (SSSR count). The Hall–Kier alpha value is -0.760. The van der Waals surface area contributed by atoms with Crippen LogP contribution in [0, 0.1) is 0 Å². The Morgan fingerprint density at radius 3 is 2.64 bits per heavy atom. The van der Waals surface area contributed by atoms with Gasteiger partial charge in [0.25, 0.3) is 0 Å². The highest BCUT2D eigenvalue weighted by atomic mass is 79.9. The number of hydrogen-bond donors (Lipinski definition) is 0. The van der Waals surface area contributed by atoms with Crippen LogP contribution in [0.4, 0.5) is 0 Å². The van der Waals surface area contributed by atoms with Crippen LogP contribution in [0.25, 0.3) is 0 Å². The second-order valence-corrected chi connectivity index (χ2v) is 2.59. The van der Waals surface area contributed by atoms with Gasteiger partial charge in [0, 0.05) is 4.99 Å². The molecule has 0 aliphatic rings. The molecule has 1 nitrogen and oxygen atoms in total. The third-order valence-corrected chi connectivity index (χ3v) is 1.46. The summed E-state index contributed by atoms with van der Waals surface area (Å²) in [6.07, 6.45) is 1.62. The normalized spacial score (nSPS) is 10.3. The van der Waals surface area contributed by atoms with Crippen molar-refractivity contribution in [2.45, 2.75) is 6.61 Å². The van der Waals surface area contributed by atoms with Crippen LogP contribution in [-0.2, 0) is 11.3 Å². The molecule has 58 valence electrons. The summed E-state index contributed by atoms with van der Waals surface area (Å²) in [6, 6.07) is 10.0. The van der Waals surface area contributed by atoms with E-state index >= 15 is 0 Å². The molecule has 1 aromatic rings. The molecule has 0 saturated heterocycles. The van der Waals surface area contributed by atoms with Crippen molar-refractivity contribution in [3.8, 4) is 0 Å². The summed E-state index contributed by atoms with van der Waals surface area (Å²) >= 11 is 3.12. The topological polar surface area (TPSA) is 9.23 Å². The van der Waals surface area contributed by atoms with Crippen LogP contribution in [0.5, 0.6) is 0 Å². The predicted molar refractivity (Wildman–Crippen MR) is 49.3 cm³/mol. The molecule has 0 amide bonds. The SMILES string of the molecule is Br/C=C\OCc1ccccc1. The third-order valence-electron chi connectivity index (χ3n) is 1.24. The van der Waals surface area contributed by atoms with Gasteiger partial charge in [0.15, 0.2) is 0 Å². The van der Waals surface area contributed by atoms with Gasteiger partial charge in [0.2, 0.25) is 0 Å². The summed E-state index contributed by atoms with van der Waals surface area (Å²) in [4.78, 5) is 1.69. The smallest absolute Gasteiger partial charge is 0.112 e. The molecule has 2 heteroatoms. The van der Waals surface area contributed by atoms with Gasteiger partial charge in [-0.1, -0.05) is 46.3 Å². The average molecular weight is 213 g/mol. The van der Waals surface area contributed by atoms with E-state index in [-0.39, 0.29) is 0 Å². The van der Waals surface area contributed by atoms with Gasteiger partial charge in [-0.25, -0.2) is 0 Å². The van der Waals surface area contributed by atoms with Crippen LogP contribution in [0.3, 0.4) is 0 Å². The second kappa shape index (κ2) is 4.97. The van der Waals surface area contributed by atoms with E-state index in [0.29, 0.717) is 6.61 Å². The minimum Gasteiger partial charge on any atom is -0.496 e. The molecule has 0 atom stereocenters. The molecular formula is C9H9BrO. The molecule has 0 bridgehead atoms. The van der Waals surface area contributed by atoms with E-state index < -0.39 is 0 Å². The molecule has 1 aromatic carbocycles. The van der Waals surface area contributed by atoms with Crippen molar-refractivity contribution in [3.63, 3.8) is 0 Å². The maximum atomic E-state index is 5.14. The number of benzene rings is 1. The molecule has 0 fully saturated rings. The molecule has 0 N–H and O–H groups in total. The lowest BCUT2D eigenvalue weighted by molar-refractivity contribution is 0.237. The van der Waals surface area contributed by atoms with Crippen molar-refractivity contribution >= 4 is 15.9 Å². The fourth-order valence-corrected chi connectivity index (χ4v) is 0.908. The highest BCUT2D eigenvalue weighted by Gasteiger charge is 1.86. The molecule has 11 heavy (non-hydrogen) atoms. The lowest BCUT2D eigenvalue weighted by Crippen LogP contribution is -1.83. The van der Waals surface area contributed by atoms with Crippen molar-refractivity contribution < 1.29 is 4.74 Å². The first-order chi connectivity index (χ1) is 5.43. The molecule has 0 unspecified atom stereocenters. The van der Waals surface area contributed by atoms with E-state index in [4.69, 9.17) is 4.74 Å². The van der Waals surface area contributed by atoms with Crippen LogP contribution in [0.15, 0.2) is 41.6 Å². The molecule has 0 saturated carbocycles. The standard InChI is InChI=1S/C9H9BrO/c10-6-7-11-8-9-4-2-1-3-5-9/h1-7H,8H2/b7-6-. The van der Waals surface area contributed by atoms with Crippen molar-refractivity contribution in [1.82, 2.24) is 0 Å². The van der Waals surface area contributed by atoms with E-state index in [1.54, 1.807) is 11.2 Å². The van der Waals surface area contributed by atoms with Crippen LogP contribution >= 0.6 is 15.9 Å². The van der Waals surface area contributed by atoms with Gasteiger partial charge in [-0.05, 0) is 5.56 Å². The van der Waals surface area contributed by atoms with E-state index in [1.807, 2.05) is 30.3 Å². The van der Waals surface area contributed by atoms with Crippen molar-refractivity contribution in [1.29, 1.82) is 0 Å². The Labute approximate surface area is 74.8 Å². The third kappa shape index (κ3) is 3.23. The van der Waals surface area contributed by atoms with Gasteiger partial charge in [-0.3, -0.25) is 0 Å². The summed E-state index contributed by atoms with van der Waals surface area (Å²) in [7, 11) is 0.